The molecule has 1 aromatic rings. The lowest BCUT2D eigenvalue weighted by Crippen LogP contribution is -2.36. The minimum Gasteiger partial charge on any atom is -0.353 e. The van der Waals surface area contributed by atoms with E-state index in [0.29, 0.717) is 5.56 Å². The van der Waals surface area contributed by atoms with Crippen molar-refractivity contribution in [2.45, 2.75) is 6.04 Å². The van der Waals surface area contributed by atoms with Crippen molar-refractivity contribution in [3.63, 3.8) is 0 Å². The summed E-state index contributed by atoms with van der Waals surface area (Å²) < 4.78 is 29.3. The number of benzene rings is 1. The minimum atomic E-state index is -4.07. The number of rotatable bonds is 5. The van der Waals surface area contributed by atoms with Crippen LogP contribution in [0.2, 0.25) is 0 Å². The van der Waals surface area contributed by atoms with Gasteiger partial charge in [-0.2, -0.15) is 8.42 Å². The SMILES string of the molecule is N.N[C@@H](C(=O)NCCS(=O)(=O)O)c1ccccc1. The van der Waals surface area contributed by atoms with E-state index in [4.69, 9.17) is 10.3 Å². The van der Waals surface area contributed by atoms with Crippen molar-refractivity contribution >= 4 is 16.0 Å². The number of hydrogen-bond donors (Lipinski definition) is 4. The Morgan fingerprint density at radius 1 is 1.33 bits per heavy atom. The molecule has 0 saturated heterocycles. The third-order valence-electron chi connectivity index (χ3n) is 2.10. The summed E-state index contributed by atoms with van der Waals surface area (Å²) in [5.74, 6) is -1.01. The van der Waals surface area contributed by atoms with Crippen LogP contribution in [0.15, 0.2) is 30.3 Å². The third kappa shape index (κ3) is 5.73. The van der Waals surface area contributed by atoms with Crippen LogP contribution in [-0.2, 0) is 14.9 Å². The smallest absolute Gasteiger partial charge is 0.266 e. The van der Waals surface area contributed by atoms with Crippen molar-refractivity contribution in [1.29, 1.82) is 0 Å². The molecule has 0 heterocycles. The quantitative estimate of drug-likeness (QED) is 0.550. The van der Waals surface area contributed by atoms with Gasteiger partial charge in [-0.15, -0.1) is 0 Å². The molecule has 0 bridgehead atoms. The van der Waals surface area contributed by atoms with E-state index < -0.39 is 27.8 Å². The van der Waals surface area contributed by atoms with Gasteiger partial charge in [-0.25, -0.2) is 0 Å². The zero-order valence-electron chi connectivity index (χ0n) is 9.74. The molecule has 1 rings (SSSR count). The van der Waals surface area contributed by atoms with Crippen LogP contribution in [0.25, 0.3) is 0 Å². The molecule has 0 aliphatic heterocycles. The second kappa shape index (κ2) is 7.07. The van der Waals surface area contributed by atoms with Crippen LogP contribution in [-0.4, -0.2) is 31.2 Å². The average molecular weight is 275 g/mol. The Hall–Kier alpha value is -1.48. The first-order valence-corrected chi connectivity index (χ1v) is 6.54. The lowest BCUT2D eigenvalue weighted by Gasteiger charge is -2.11. The lowest BCUT2D eigenvalue weighted by molar-refractivity contribution is -0.122. The Morgan fingerprint density at radius 3 is 2.39 bits per heavy atom. The molecule has 7 N–H and O–H groups in total. The number of hydrogen-bond acceptors (Lipinski definition) is 5. The lowest BCUT2D eigenvalue weighted by atomic mass is 10.1. The Kier molecular flexibility index (Phi) is 6.48. The summed E-state index contributed by atoms with van der Waals surface area (Å²) in [6, 6.07) is 7.85. The number of nitrogens with two attached hydrogens (primary N) is 1. The van der Waals surface area contributed by atoms with Crippen LogP contribution < -0.4 is 17.2 Å². The molecule has 1 atom stereocenters. The standard InChI is InChI=1S/C10H14N2O4S.H3N/c11-9(8-4-2-1-3-5-8)10(13)12-6-7-17(14,15)16;/h1-5,9H,6-7,11H2,(H,12,13)(H,14,15,16);1H3/t9-;/m1./s1. The van der Waals surface area contributed by atoms with Crippen LogP contribution in [0.3, 0.4) is 0 Å². The maximum absolute atomic E-state index is 11.5. The van der Waals surface area contributed by atoms with Gasteiger partial charge in [0, 0.05) is 6.54 Å². The molecule has 0 aliphatic rings. The van der Waals surface area contributed by atoms with Crippen LogP contribution in [0.1, 0.15) is 11.6 Å². The minimum absolute atomic E-state index is 0. The van der Waals surface area contributed by atoms with Crippen molar-refractivity contribution in [2.75, 3.05) is 12.3 Å². The van der Waals surface area contributed by atoms with Crippen LogP contribution in [0, 0.1) is 0 Å². The molecule has 0 radical (unpaired) electrons. The zero-order chi connectivity index (χ0) is 12.9. The Labute approximate surface area is 106 Å². The monoisotopic (exact) mass is 275 g/mol. The maximum atomic E-state index is 11.5. The Morgan fingerprint density at radius 2 is 1.89 bits per heavy atom. The van der Waals surface area contributed by atoms with E-state index in [2.05, 4.69) is 5.32 Å². The predicted octanol–water partition coefficient (Wildman–Crippen LogP) is -0.148. The van der Waals surface area contributed by atoms with Crippen LogP contribution in [0.5, 0.6) is 0 Å². The molecular formula is C10H17N3O4S. The fourth-order valence-corrected chi connectivity index (χ4v) is 1.58. The fourth-order valence-electron chi connectivity index (χ4n) is 1.22. The molecule has 0 fully saturated rings. The second-order valence-corrected chi connectivity index (χ2v) is 5.04. The van der Waals surface area contributed by atoms with E-state index in [-0.39, 0.29) is 12.7 Å². The first-order chi connectivity index (χ1) is 7.90. The van der Waals surface area contributed by atoms with E-state index in [1.165, 1.54) is 0 Å². The summed E-state index contributed by atoms with van der Waals surface area (Å²) >= 11 is 0. The van der Waals surface area contributed by atoms with E-state index in [1.807, 2.05) is 0 Å². The highest BCUT2D eigenvalue weighted by molar-refractivity contribution is 7.85. The Balaban J connectivity index is 0.00000289. The van der Waals surface area contributed by atoms with Crippen molar-refractivity contribution in [3.05, 3.63) is 35.9 Å². The van der Waals surface area contributed by atoms with Gasteiger partial charge < -0.3 is 17.2 Å². The van der Waals surface area contributed by atoms with Crippen molar-refractivity contribution in [3.8, 4) is 0 Å². The maximum Gasteiger partial charge on any atom is 0.266 e. The molecule has 18 heavy (non-hydrogen) atoms. The van der Waals surface area contributed by atoms with Gasteiger partial charge in [-0.3, -0.25) is 9.35 Å². The topological polar surface area (TPSA) is 144 Å². The van der Waals surface area contributed by atoms with Gasteiger partial charge in [0.05, 0.1) is 5.75 Å². The first-order valence-electron chi connectivity index (χ1n) is 4.93. The van der Waals surface area contributed by atoms with Gasteiger partial charge in [-0.1, -0.05) is 30.3 Å². The van der Waals surface area contributed by atoms with Gasteiger partial charge in [0.25, 0.3) is 10.1 Å². The summed E-state index contributed by atoms with van der Waals surface area (Å²) in [4.78, 5) is 11.5. The molecule has 0 aliphatic carbocycles. The molecule has 102 valence electrons. The predicted molar refractivity (Wildman–Crippen MR) is 67.8 cm³/mol. The van der Waals surface area contributed by atoms with Crippen LogP contribution in [0.4, 0.5) is 0 Å². The number of amides is 1. The van der Waals surface area contributed by atoms with E-state index >= 15 is 0 Å². The average Bonchev–Trinajstić information content (AvgIpc) is 2.27. The highest BCUT2D eigenvalue weighted by Crippen LogP contribution is 2.08. The zero-order valence-corrected chi connectivity index (χ0v) is 10.6. The summed E-state index contributed by atoms with van der Waals surface area (Å²) in [5.41, 5.74) is 6.30. The summed E-state index contributed by atoms with van der Waals surface area (Å²) in [7, 11) is -4.07. The van der Waals surface area contributed by atoms with Gasteiger partial charge >= 0.3 is 0 Å². The number of nitrogens with one attached hydrogen (secondary N) is 1. The van der Waals surface area contributed by atoms with Crippen molar-refractivity contribution in [1.82, 2.24) is 11.5 Å². The molecule has 0 spiro atoms. The van der Waals surface area contributed by atoms with Crippen molar-refractivity contribution in [2.24, 2.45) is 5.73 Å². The highest BCUT2D eigenvalue weighted by atomic mass is 32.2. The fraction of sp³-hybridized carbons (Fsp3) is 0.300. The first kappa shape index (κ1) is 16.5. The molecule has 0 aromatic heterocycles. The molecule has 0 unspecified atom stereocenters. The molecule has 7 nitrogen and oxygen atoms in total. The summed E-state index contributed by atoms with van der Waals surface area (Å²) in [6.07, 6.45) is 0. The van der Waals surface area contributed by atoms with Crippen molar-refractivity contribution < 1.29 is 17.8 Å². The second-order valence-electron chi connectivity index (χ2n) is 3.47. The van der Waals surface area contributed by atoms with Gasteiger partial charge in [0.1, 0.15) is 6.04 Å². The van der Waals surface area contributed by atoms with Gasteiger partial charge in [0.15, 0.2) is 0 Å². The van der Waals surface area contributed by atoms with Crippen LogP contribution >= 0.6 is 0 Å². The Bertz CT molecular complexity index is 475. The number of carbonyl (C=O) groups excluding carboxylic acids is 1. The normalized spacial score (nSPS) is 12.3. The molecule has 0 saturated carbocycles. The molecular weight excluding hydrogens is 258 g/mol. The van der Waals surface area contributed by atoms with E-state index in [0.717, 1.165) is 0 Å². The van der Waals surface area contributed by atoms with E-state index in [9.17, 15) is 13.2 Å². The largest absolute Gasteiger partial charge is 0.353 e. The third-order valence-corrected chi connectivity index (χ3v) is 2.82. The van der Waals surface area contributed by atoms with E-state index in [1.54, 1.807) is 30.3 Å². The van der Waals surface area contributed by atoms with Gasteiger partial charge in [-0.05, 0) is 5.56 Å². The molecule has 1 amide bonds. The molecule has 1 aromatic carbocycles. The molecule has 8 heteroatoms. The highest BCUT2D eigenvalue weighted by Gasteiger charge is 2.15. The number of carbonyl (C=O) groups is 1. The summed E-state index contributed by atoms with van der Waals surface area (Å²) in [5, 5.41) is 2.33. The van der Waals surface area contributed by atoms with Gasteiger partial charge in [0.2, 0.25) is 5.91 Å². The summed E-state index contributed by atoms with van der Waals surface area (Å²) in [6.45, 7) is -0.168.